The first-order valence-corrected chi connectivity index (χ1v) is 8.82. The summed E-state index contributed by atoms with van der Waals surface area (Å²) < 4.78 is 16.4. The van der Waals surface area contributed by atoms with Gasteiger partial charge in [0.1, 0.15) is 0 Å². The van der Waals surface area contributed by atoms with E-state index in [4.69, 9.17) is 14.2 Å². The Morgan fingerprint density at radius 2 is 1.37 bits per heavy atom. The number of methoxy groups -OCH3 is 3. The van der Waals surface area contributed by atoms with Crippen LogP contribution in [0, 0.1) is 20.2 Å². The van der Waals surface area contributed by atoms with E-state index in [0.29, 0.717) is 39.5 Å². The lowest BCUT2D eigenvalue weighted by atomic mass is 9.92. The maximum absolute atomic E-state index is 11.2. The number of nitrogens with zero attached hydrogens (tertiary/aromatic N) is 2. The molecule has 0 heterocycles. The van der Waals surface area contributed by atoms with E-state index in [9.17, 15) is 20.2 Å². The fraction of sp³-hybridized carbons (Fsp3) is 0.238. The Morgan fingerprint density at radius 1 is 0.833 bits per heavy atom. The molecule has 0 aromatic heterocycles. The number of hydrogen-bond acceptors (Lipinski definition) is 7. The van der Waals surface area contributed by atoms with Crippen LogP contribution in [0.3, 0.4) is 0 Å². The van der Waals surface area contributed by atoms with Crippen molar-refractivity contribution in [2.24, 2.45) is 0 Å². The van der Waals surface area contributed by atoms with Crippen molar-refractivity contribution in [3.63, 3.8) is 0 Å². The Bertz CT molecular complexity index is 1040. The van der Waals surface area contributed by atoms with Gasteiger partial charge < -0.3 is 14.2 Å². The van der Waals surface area contributed by atoms with Crippen molar-refractivity contribution in [3.05, 3.63) is 73.1 Å². The molecule has 0 aliphatic carbocycles. The molecule has 9 heteroatoms. The molecule has 2 rings (SSSR count). The second kappa shape index (κ2) is 9.55. The molecule has 0 saturated carbocycles. The van der Waals surface area contributed by atoms with Gasteiger partial charge in [0.15, 0.2) is 11.5 Å². The minimum absolute atomic E-state index is 0.0551. The van der Waals surface area contributed by atoms with E-state index in [0.717, 1.165) is 0 Å². The van der Waals surface area contributed by atoms with Crippen LogP contribution in [0.1, 0.15) is 25.0 Å². The zero-order chi connectivity index (χ0) is 22.4. The van der Waals surface area contributed by atoms with Crippen LogP contribution < -0.4 is 14.2 Å². The zero-order valence-electron chi connectivity index (χ0n) is 17.3. The number of hydrogen-bond donors (Lipinski definition) is 0. The number of rotatable bonds is 8. The van der Waals surface area contributed by atoms with Crippen LogP contribution >= 0.6 is 0 Å². The lowest BCUT2D eigenvalue weighted by molar-refractivity contribution is -0.422. The van der Waals surface area contributed by atoms with E-state index in [1.165, 1.54) is 47.3 Å². The van der Waals surface area contributed by atoms with E-state index in [2.05, 4.69) is 0 Å². The number of nitro groups is 2. The van der Waals surface area contributed by atoms with Crippen molar-refractivity contribution in [3.8, 4) is 28.4 Å². The van der Waals surface area contributed by atoms with Gasteiger partial charge in [-0.3, -0.25) is 20.2 Å². The first-order chi connectivity index (χ1) is 14.2. The van der Waals surface area contributed by atoms with Gasteiger partial charge in [-0.1, -0.05) is 24.3 Å². The molecule has 0 aliphatic heterocycles. The first kappa shape index (κ1) is 22.4. The Kier molecular flexibility index (Phi) is 7.13. The van der Waals surface area contributed by atoms with Crippen molar-refractivity contribution in [2.45, 2.75) is 13.8 Å². The van der Waals surface area contributed by atoms with Crippen LogP contribution in [-0.2, 0) is 0 Å². The van der Waals surface area contributed by atoms with Gasteiger partial charge in [0, 0.05) is 31.6 Å². The van der Waals surface area contributed by atoms with Crippen molar-refractivity contribution >= 4 is 12.2 Å². The minimum Gasteiger partial charge on any atom is -0.493 e. The van der Waals surface area contributed by atoms with Crippen molar-refractivity contribution in [2.75, 3.05) is 21.3 Å². The maximum Gasteiger partial charge on any atom is 0.243 e. The SMILES string of the molecule is COc1cc(/C=C(/C)[N+](=O)[O-])c(-c2ccccc2/C=C(/C)[N+](=O)[O-])c(OC)c1OC. The molecule has 0 radical (unpaired) electrons. The third-order valence-corrected chi connectivity index (χ3v) is 4.40. The number of ether oxygens (including phenoxy) is 3. The van der Waals surface area contributed by atoms with Crippen LogP contribution in [0.5, 0.6) is 17.2 Å². The van der Waals surface area contributed by atoms with E-state index < -0.39 is 9.85 Å². The van der Waals surface area contributed by atoms with Crippen LogP contribution in [0.25, 0.3) is 23.3 Å². The molecule has 2 aromatic rings. The predicted octanol–water partition coefficient (Wildman–Crippen LogP) is 4.65. The Hall–Kier alpha value is -3.88. The molecule has 0 atom stereocenters. The summed E-state index contributed by atoms with van der Waals surface area (Å²) in [5.41, 5.74) is 1.91. The normalized spacial score (nSPS) is 11.8. The quantitative estimate of drug-likeness (QED) is 0.456. The molecule has 9 nitrogen and oxygen atoms in total. The number of benzene rings is 2. The monoisotopic (exact) mass is 414 g/mol. The van der Waals surface area contributed by atoms with E-state index in [-0.39, 0.29) is 11.4 Å². The van der Waals surface area contributed by atoms with E-state index >= 15 is 0 Å². The van der Waals surface area contributed by atoms with E-state index in [1.54, 1.807) is 30.3 Å². The molecule has 30 heavy (non-hydrogen) atoms. The van der Waals surface area contributed by atoms with E-state index in [1.807, 2.05) is 0 Å². The van der Waals surface area contributed by atoms with Crippen LogP contribution in [0.4, 0.5) is 0 Å². The topological polar surface area (TPSA) is 114 Å². The highest BCUT2D eigenvalue weighted by Gasteiger charge is 2.23. The molecule has 0 amide bonds. The second-order valence-corrected chi connectivity index (χ2v) is 6.28. The Labute approximate surface area is 173 Å². The summed E-state index contributed by atoms with van der Waals surface area (Å²) in [7, 11) is 4.34. The lowest BCUT2D eigenvalue weighted by Gasteiger charge is -2.19. The van der Waals surface area contributed by atoms with Crippen molar-refractivity contribution in [1.29, 1.82) is 0 Å². The molecular formula is C21H22N2O7. The van der Waals surface area contributed by atoms with Gasteiger partial charge in [-0.05, 0) is 22.8 Å². The minimum atomic E-state index is -0.504. The Morgan fingerprint density at radius 3 is 1.87 bits per heavy atom. The van der Waals surface area contributed by atoms with Gasteiger partial charge >= 0.3 is 0 Å². The predicted molar refractivity (Wildman–Crippen MR) is 113 cm³/mol. The molecule has 0 saturated heterocycles. The molecule has 0 spiro atoms. The standard InChI is InChI=1S/C21H22N2O7/c1-13(22(24)25)10-15-8-6-7-9-17(15)19-16(11-14(2)23(26)27)12-18(28-3)20(29-4)21(19)30-5/h6-12H,1-5H3/b13-10-,14-11-. The molecule has 0 N–H and O–H groups in total. The largest absolute Gasteiger partial charge is 0.493 e. The fourth-order valence-corrected chi connectivity index (χ4v) is 2.97. The fourth-order valence-electron chi connectivity index (χ4n) is 2.97. The van der Waals surface area contributed by atoms with Crippen LogP contribution in [0.15, 0.2) is 41.7 Å². The van der Waals surface area contributed by atoms with Gasteiger partial charge in [-0.2, -0.15) is 0 Å². The first-order valence-electron chi connectivity index (χ1n) is 8.82. The summed E-state index contributed by atoms with van der Waals surface area (Å²) in [5.74, 6) is 0.921. The Balaban J connectivity index is 2.98. The molecule has 2 aromatic carbocycles. The molecule has 0 bridgehead atoms. The third kappa shape index (κ3) is 4.57. The van der Waals surface area contributed by atoms with Gasteiger partial charge in [0.25, 0.3) is 0 Å². The van der Waals surface area contributed by atoms with Crippen LogP contribution in [0.2, 0.25) is 0 Å². The molecule has 0 unspecified atom stereocenters. The lowest BCUT2D eigenvalue weighted by Crippen LogP contribution is -2.01. The highest BCUT2D eigenvalue weighted by atomic mass is 16.6. The maximum atomic E-state index is 11.2. The molecule has 0 aliphatic rings. The molecule has 158 valence electrons. The summed E-state index contributed by atoms with van der Waals surface area (Å²) in [5, 5.41) is 22.4. The van der Waals surface area contributed by atoms with Crippen LogP contribution in [-0.4, -0.2) is 31.2 Å². The van der Waals surface area contributed by atoms with Crippen molar-refractivity contribution < 1.29 is 24.1 Å². The summed E-state index contributed by atoms with van der Waals surface area (Å²) in [4.78, 5) is 21.4. The summed E-state index contributed by atoms with van der Waals surface area (Å²) in [6.45, 7) is 2.76. The van der Waals surface area contributed by atoms with Gasteiger partial charge in [-0.15, -0.1) is 0 Å². The smallest absolute Gasteiger partial charge is 0.243 e. The summed E-state index contributed by atoms with van der Waals surface area (Å²) in [6.07, 6.45) is 2.82. The summed E-state index contributed by atoms with van der Waals surface area (Å²) in [6, 6.07) is 8.57. The second-order valence-electron chi connectivity index (χ2n) is 6.28. The number of allylic oxidation sites excluding steroid dienone is 2. The molecular weight excluding hydrogens is 392 g/mol. The van der Waals surface area contributed by atoms with Gasteiger partial charge in [0.2, 0.25) is 17.1 Å². The zero-order valence-corrected chi connectivity index (χ0v) is 17.3. The molecule has 0 fully saturated rings. The highest BCUT2D eigenvalue weighted by Crippen LogP contribution is 2.48. The van der Waals surface area contributed by atoms with Gasteiger partial charge in [0.05, 0.1) is 31.2 Å². The van der Waals surface area contributed by atoms with Gasteiger partial charge in [-0.25, -0.2) is 0 Å². The average Bonchev–Trinajstić information content (AvgIpc) is 2.72. The highest BCUT2D eigenvalue weighted by molar-refractivity contribution is 5.89. The van der Waals surface area contributed by atoms with Crippen molar-refractivity contribution in [1.82, 2.24) is 0 Å². The average molecular weight is 414 g/mol. The summed E-state index contributed by atoms with van der Waals surface area (Å²) >= 11 is 0. The third-order valence-electron chi connectivity index (χ3n) is 4.40.